The van der Waals surface area contributed by atoms with Gasteiger partial charge in [-0.1, -0.05) is 36.8 Å². The molecule has 1 aromatic carbocycles. The van der Waals surface area contributed by atoms with Crippen molar-refractivity contribution in [3.63, 3.8) is 0 Å². The highest BCUT2D eigenvalue weighted by Crippen LogP contribution is 2.23. The number of methoxy groups -OCH3 is 1. The summed E-state index contributed by atoms with van der Waals surface area (Å²) in [4.78, 5) is 51.4. The molecule has 0 aliphatic heterocycles. The Labute approximate surface area is 189 Å². The van der Waals surface area contributed by atoms with Gasteiger partial charge >= 0.3 is 12.1 Å². The second-order valence-electron chi connectivity index (χ2n) is 8.51. The summed E-state index contributed by atoms with van der Waals surface area (Å²) in [5.74, 6) is -1.57. The van der Waals surface area contributed by atoms with E-state index >= 15 is 0 Å². The van der Waals surface area contributed by atoms with Crippen molar-refractivity contribution in [2.24, 2.45) is 0 Å². The highest BCUT2D eigenvalue weighted by atomic mass is 16.6. The fraction of sp³-hybridized carbons (Fsp3) is 0.565. The van der Waals surface area contributed by atoms with Gasteiger partial charge in [-0.2, -0.15) is 0 Å². The minimum absolute atomic E-state index is 0.267. The molecule has 2 atom stereocenters. The number of nitrogens with zero attached hydrogens (tertiary/aromatic N) is 1. The zero-order valence-corrected chi connectivity index (χ0v) is 20.0. The van der Waals surface area contributed by atoms with Gasteiger partial charge in [-0.15, -0.1) is 0 Å². The lowest BCUT2D eigenvalue weighted by molar-refractivity contribution is -0.144. The molecule has 0 aliphatic rings. The van der Waals surface area contributed by atoms with Gasteiger partial charge in [0.15, 0.2) is 0 Å². The first kappa shape index (κ1) is 26.9. The molecule has 9 nitrogen and oxygen atoms in total. The third-order valence-corrected chi connectivity index (χ3v) is 4.44. The number of amides is 3. The maximum absolute atomic E-state index is 13.3. The lowest BCUT2D eigenvalue weighted by atomic mass is 10.0. The SMILES string of the molecule is CCCN(C(=O)C(C)NC(=O)OC(C)(C)C)C(C(=O)NCC(=O)OC)c1ccc(C)cc1. The van der Waals surface area contributed by atoms with E-state index in [-0.39, 0.29) is 13.1 Å². The summed E-state index contributed by atoms with van der Waals surface area (Å²) in [5, 5.41) is 5.06. The Balaban J connectivity index is 3.20. The lowest BCUT2D eigenvalue weighted by Gasteiger charge is -2.33. The van der Waals surface area contributed by atoms with Crippen LogP contribution in [0, 0.1) is 6.92 Å². The molecule has 0 heterocycles. The monoisotopic (exact) mass is 449 g/mol. The fourth-order valence-electron chi connectivity index (χ4n) is 2.95. The van der Waals surface area contributed by atoms with Crippen LogP contribution >= 0.6 is 0 Å². The average molecular weight is 450 g/mol. The normalized spacial score (nSPS) is 12.8. The molecule has 2 unspecified atom stereocenters. The molecule has 178 valence electrons. The van der Waals surface area contributed by atoms with Gasteiger partial charge in [-0.3, -0.25) is 14.4 Å². The molecular formula is C23H35N3O6. The zero-order valence-electron chi connectivity index (χ0n) is 20.0. The Bertz CT molecular complexity index is 801. The Hall–Kier alpha value is -3.10. The first-order valence-electron chi connectivity index (χ1n) is 10.6. The van der Waals surface area contributed by atoms with Gasteiger partial charge in [-0.05, 0) is 46.6 Å². The predicted molar refractivity (Wildman–Crippen MR) is 120 cm³/mol. The minimum Gasteiger partial charge on any atom is -0.468 e. The molecule has 1 aromatic rings. The first-order valence-corrected chi connectivity index (χ1v) is 10.6. The van der Waals surface area contributed by atoms with Gasteiger partial charge in [0, 0.05) is 6.54 Å². The van der Waals surface area contributed by atoms with Crippen molar-refractivity contribution in [1.82, 2.24) is 15.5 Å². The van der Waals surface area contributed by atoms with Crippen LogP contribution in [0.3, 0.4) is 0 Å². The first-order chi connectivity index (χ1) is 14.9. The molecule has 9 heteroatoms. The molecule has 32 heavy (non-hydrogen) atoms. The van der Waals surface area contributed by atoms with Crippen molar-refractivity contribution in [3.05, 3.63) is 35.4 Å². The van der Waals surface area contributed by atoms with E-state index in [0.717, 1.165) is 5.56 Å². The molecule has 0 saturated heterocycles. The Morgan fingerprint density at radius 1 is 1.09 bits per heavy atom. The Morgan fingerprint density at radius 3 is 2.19 bits per heavy atom. The third kappa shape index (κ3) is 8.56. The number of hydrogen-bond acceptors (Lipinski definition) is 6. The lowest BCUT2D eigenvalue weighted by Crippen LogP contribution is -2.52. The molecular weight excluding hydrogens is 414 g/mol. The molecule has 0 saturated carbocycles. The molecule has 1 rings (SSSR count). The van der Waals surface area contributed by atoms with Crippen LogP contribution in [0.25, 0.3) is 0 Å². The molecule has 0 fully saturated rings. The summed E-state index contributed by atoms with van der Waals surface area (Å²) in [6, 6.07) is 5.28. The maximum atomic E-state index is 13.3. The second-order valence-corrected chi connectivity index (χ2v) is 8.51. The van der Waals surface area contributed by atoms with Crippen LogP contribution in [0.5, 0.6) is 0 Å². The predicted octanol–water partition coefficient (Wildman–Crippen LogP) is 2.48. The number of carbonyl (C=O) groups is 4. The molecule has 2 N–H and O–H groups in total. The molecule has 3 amide bonds. The number of hydrogen-bond donors (Lipinski definition) is 2. The van der Waals surface area contributed by atoms with Crippen molar-refractivity contribution in [3.8, 4) is 0 Å². The topological polar surface area (TPSA) is 114 Å². The summed E-state index contributed by atoms with van der Waals surface area (Å²) in [6.07, 6.45) is -0.144. The minimum atomic E-state index is -0.990. The number of nitrogens with one attached hydrogen (secondary N) is 2. The Kier molecular flexibility index (Phi) is 10.2. The number of carbonyl (C=O) groups excluding carboxylic acids is 4. The summed E-state index contributed by atoms with van der Waals surface area (Å²) in [5.41, 5.74) is 0.869. The van der Waals surface area contributed by atoms with E-state index in [4.69, 9.17) is 4.74 Å². The number of esters is 1. The summed E-state index contributed by atoms with van der Waals surface area (Å²) < 4.78 is 9.81. The maximum Gasteiger partial charge on any atom is 0.408 e. The number of alkyl carbamates (subject to hydrolysis) is 1. The highest BCUT2D eigenvalue weighted by Gasteiger charge is 2.34. The van der Waals surface area contributed by atoms with Crippen LogP contribution in [0.15, 0.2) is 24.3 Å². The second kappa shape index (κ2) is 12.1. The summed E-state index contributed by atoms with van der Waals surface area (Å²) in [7, 11) is 1.23. The van der Waals surface area contributed by atoms with Crippen LogP contribution in [0.1, 0.15) is 58.2 Å². The zero-order chi connectivity index (χ0) is 24.5. The number of rotatable bonds is 9. The summed E-state index contributed by atoms with van der Waals surface area (Å²) in [6.45, 7) is 10.4. The van der Waals surface area contributed by atoms with E-state index in [1.807, 2.05) is 26.0 Å². The highest BCUT2D eigenvalue weighted by molar-refractivity contribution is 5.93. The van der Waals surface area contributed by atoms with Crippen molar-refractivity contribution in [2.75, 3.05) is 20.2 Å². The molecule has 0 aliphatic carbocycles. The fourth-order valence-corrected chi connectivity index (χ4v) is 2.95. The van der Waals surface area contributed by atoms with Crippen LogP contribution in [-0.4, -0.2) is 60.6 Å². The van der Waals surface area contributed by atoms with Crippen molar-refractivity contribution in [2.45, 2.75) is 65.6 Å². The van der Waals surface area contributed by atoms with Crippen LogP contribution in [-0.2, 0) is 23.9 Å². The Morgan fingerprint density at radius 2 is 1.69 bits per heavy atom. The van der Waals surface area contributed by atoms with Gasteiger partial charge in [0.05, 0.1) is 7.11 Å². The molecule has 0 radical (unpaired) electrons. The van der Waals surface area contributed by atoms with E-state index < -0.39 is 41.6 Å². The molecule has 0 bridgehead atoms. The smallest absolute Gasteiger partial charge is 0.408 e. The third-order valence-electron chi connectivity index (χ3n) is 4.44. The number of ether oxygens (including phenoxy) is 2. The van der Waals surface area contributed by atoms with E-state index in [2.05, 4.69) is 15.4 Å². The van der Waals surface area contributed by atoms with Gasteiger partial charge in [0.25, 0.3) is 0 Å². The van der Waals surface area contributed by atoms with Crippen molar-refractivity contribution < 1.29 is 28.7 Å². The summed E-state index contributed by atoms with van der Waals surface area (Å²) >= 11 is 0. The van der Waals surface area contributed by atoms with Gasteiger partial charge in [-0.25, -0.2) is 4.79 Å². The van der Waals surface area contributed by atoms with Crippen LogP contribution in [0.2, 0.25) is 0 Å². The van der Waals surface area contributed by atoms with Gasteiger partial charge < -0.3 is 25.0 Å². The number of benzene rings is 1. The standard InChI is InChI=1S/C23H35N3O6/c1-8-13-26(21(29)16(3)25-22(30)32-23(4,5)6)19(17-11-9-15(2)10-12-17)20(28)24-14-18(27)31-7/h9-12,16,19H,8,13-14H2,1-7H3,(H,24,28)(H,25,30). The van der Waals surface area contributed by atoms with Gasteiger partial charge in [0.1, 0.15) is 24.2 Å². The average Bonchev–Trinajstić information content (AvgIpc) is 2.70. The van der Waals surface area contributed by atoms with Crippen molar-refractivity contribution >= 4 is 23.9 Å². The van der Waals surface area contributed by atoms with Crippen LogP contribution < -0.4 is 10.6 Å². The van der Waals surface area contributed by atoms with Gasteiger partial charge in [0.2, 0.25) is 11.8 Å². The van der Waals surface area contributed by atoms with E-state index in [0.29, 0.717) is 12.0 Å². The van der Waals surface area contributed by atoms with Crippen LogP contribution in [0.4, 0.5) is 4.79 Å². The largest absolute Gasteiger partial charge is 0.468 e. The number of aryl methyl sites for hydroxylation is 1. The van der Waals surface area contributed by atoms with E-state index in [1.165, 1.54) is 18.9 Å². The van der Waals surface area contributed by atoms with Crippen molar-refractivity contribution in [1.29, 1.82) is 0 Å². The molecule has 0 spiro atoms. The quantitative estimate of drug-likeness (QED) is 0.560. The van der Waals surface area contributed by atoms with E-state index in [1.54, 1.807) is 32.9 Å². The van der Waals surface area contributed by atoms with E-state index in [9.17, 15) is 19.2 Å². The molecule has 0 aromatic heterocycles.